The van der Waals surface area contributed by atoms with Crippen molar-refractivity contribution in [3.05, 3.63) is 65.0 Å². The first-order chi connectivity index (χ1) is 12.5. The van der Waals surface area contributed by atoms with Gasteiger partial charge in [0.15, 0.2) is 5.78 Å². The number of nitrogens with one attached hydrogen (secondary N) is 1. The smallest absolute Gasteiger partial charge is 0.237 e. The Kier molecular flexibility index (Phi) is 7.17. The van der Waals surface area contributed by atoms with Crippen LogP contribution in [0.1, 0.15) is 26.7 Å². The van der Waals surface area contributed by atoms with Crippen LogP contribution in [0.5, 0.6) is 0 Å². The molecule has 0 fully saturated rings. The standard InChI is InChI=1S/C19H21FN2O3S/c1-25-11-10-22-19(24)18(26-2)15-5-3-4-14(16(15)21)17(23)12-6-8-13(20)9-7-12/h3-9,18H,10-11,21H2,1-2H3,(H,22,24). The van der Waals surface area contributed by atoms with E-state index in [1.54, 1.807) is 31.6 Å². The van der Waals surface area contributed by atoms with Gasteiger partial charge >= 0.3 is 0 Å². The molecule has 0 radical (unpaired) electrons. The summed E-state index contributed by atoms with van der Waals surface area (Å²) in [5, 5.41) is 2.23. The van der Waals surface area contributed by atoms with Crippen LogP contribution in [0.15, 0.2) is 42.5 Å². The topological polar surface area (TPSA) is 81.4 Å². The number of hydrogen-bond acceptors (Lipinski definition) is 5. The molecule has 7 heteroatoms. The Labute approximate surface area is 156 Å². The number of amides is 1. The molecule has 1 unspecified atom stereocenters. The maximum Gasteiger partial charge on any atom is 0.237 e. The molecule has 2 aromatic carbocycles. The summed E-state index contributed by atoms with van der Waals surface area (Å²) in [6.45, 7) is 0.798. The van der Waals surface area contributed by atoms with E-state index in [4.69, 9.17) is 10.5 Å². The van der Waals surface area contributed by atoms with Crippen molar-refractivity contribution in [1.29, 1.82) is 0 Å². The molecule has 0 spiro atoms. The lowest BCUT2D eigenvalue weighted by Gasteiger charge is -2.18. The van der Waals surface area contributed by atoms with Gasteiger partial charge in [-0.1, -0.05) is 12.1 Å². The largest absolute Gasteiger partial charge is 0.398 e. The second kappa shape index (κ2) is 9.35. The number of methoxy groups -OCH3 is 1. The molecule has 0 bridgehead atoms. The van der Waals surface area contributed by atoms with Crippen LogP contribution in [0, 0.1) is 5.82 Å². The van der Waals surface area contributed by atoms with Crippen molar-refractivity contribution in [2.24, 2.45) is 0 Å². The lowest BCUT2D eigenvalue weighted by atomic mass is 9.97. The third-order valence-electron chi connectivity index (χ3n) is 3.85. The zero-order chi connectivity index (χ0) is 19.1. The van der Waals surface area contributed by atoms with Crippen molar-refractivity contribution in [3.8, 4) is 0 Å². The van der Waals surface area contributed by atoms with Crippen LogP contribution < -0.4 is 11.1 Å². The summed E-state index contributed by atoms with van der Waals surface area (Å²) in [6.07, 6.45) is 1.80. The molecule has 0 heterocycles. The van der Waals surface area contributed by atoms with E-state index >= 15 is 0 Å². The quantitative estimate of drug-likeness (QED) is 0.421. The summed E-state index contributed by atoms with van der Waals surface area (Å²) in [7, 11) is 1.56. The van der Waals surface area contributed by atoms with Crippen LogP contribution in [-0.2, 0) is 9.53 Å². The predicted molar refractivity (Wildman–Crippen MR) is 102 cm³/mol. The van der Waals surface area contributed by atoms with Crippen molar-refractivity contribution in [3.63, 3.8) is 0 Å². The van der Waals surface area contributed by atoms with Crippen molar-refractivity contribution < 1.29 is 18.7 Å². The van der Waals surface area contributed by atoms with E-state index in [1.807, 2.05) is 0 Å². The van der Waals surface area contributed by atoms with Gasteiger partial charge in [-0.3, -0.25) is 9.59 Å². The zero-order valence-corrected chi connectivity index (χ0v) is 15.4. The van der Waals surface area contributed by atoms with Crippen LogP contribution in [0.4, 0.5) is 10.1 Å². The highest BCUT2D eigenvalue weighted by atomic mass is 32.2. The van der Waals surface area contributed by atoms with Crippen LogP contribution in [0.2, 0.25) is 0 Å². The Balaban J connectivity index is 2.30. The van der Waals surface area contributed by atoms with Gasteiger partial charge in [-0.15, -0.1) is 11.8 Å². The van der Waals surface area contributed by atoms with Crippen molar-refractivity contribution in [1.82, 2.24) is 5.32 Å². The van der Waals surface area contributed by atoms with E-state index < -0.39 is 11.1 Å². The van der Waals surface area contributed by atoms with E-state index in [-0.39, 0.29) is 22.9 Å². The predicted octanol–water partition coefficient (Wildman–Crippen LogP) is 2.81. The summed E-state index contributed by atoms with van der Waals surface area (Å²) in [4.78, 5) is 25.1. The number of halogens is 1. The zero-order valence-electron chi connectivity index (χ0n) is 14.6. The molecule has 0 saturated carbocycles. The fourth-order valence-corrected chi connectivity index (χ4v) is 3.27. The third kappa shape index (κ3) is 4.62. The number of anilines is 1. The normalized spacial score (nSPS) is 11.8. The Morgan fingerprint density at radius 3 is 2.54 bits per heavy atom. The van der Waals surface area contributed by atoms with E-state index in [0.29, 0.717) is 24.3 Å². The lowest BCUT2D eigenvalue weighted by molar-refractivity contribution is -0.120. The minimum absolute atomic E-state index is 0.201. The highest BCUT2D eigenvalue weighted by Gasteiger charge is 2.24. The van der Waals surface area contributed by atoms with Crippen molar-refractivity contribution in [2.45, 2.75) is 5.25 Å². The molecule has 0 saturated heterocycles. The first-order valence-corrected chi connectivity index (χ1v) is 9.26. The number of hydrogen-bond donors (Lipinski definition) is 2. The molecule has 1 amide bonds. The average Bonchev–Trinajstić information content (AvgIpc) is 2.64. The van der Waals surface area contributed by atoms with E-state index in [9.17, 15) is 14.0 Å². The first kappa shape index (κ1) is 19.9. The number of ketones is 1. The number of para-hydroxylation sites is 1. The Bertz CT molecular complexity index is 781. The molecular formula is C19H21FN2O3S. The maximum atomic E-state index is 13.1. The second-order valence-corrected chi connectivity index (χ2v) is 6.49. The molecule has 1 atom stereocenters. The van der Waals surface area contributed by atoms with E-state index in [2.05, 4.69) is 5.32 Å². The molecule has 26 heavy (non-hydrogen) atoms. The summed E-state index contributed by atoms with van der Waals surface area (Å²) in [5.41, 5.74) is 7.65. The van der Waals surface area contributed by atoms with Gasteiger partial charge in [0.2, 0.25) is 5.91 Å². The SMILES string of the molecule is COCCNC(=O)C(SC)c1cccc(C(=O)c2ccc(F)cc2)c1N. The van der Waals surface area contributed by atoms with Gasteiger partial charge in [-0.25, -0.2) is 4.39 Å². The fraction of sp³-hybridized carbons (Fsp3) is 0.263. The number of thioether (sulfide) groups is 1. The molecular weight excluding hydrogens is 355 g/mol. The highest BCUT2D eigenvalue weighted by Crippen LogP contribution is 2.33. The monoisotopic (exact) mass is 376 g/mol. The maximum absolute atomic E-state index is 13.1. The van der Waals surface area contributed by atoms with E-state index in [1.165, 1.54) is 36.0 Å². The molecule has 138 valence electrons. The lowest BCUT2D eigenvalue weighted by Crippen LogP contribution is -2.31. The Morgan fingerprint density at radius 2 is 1.92 bits per heavy atom. The number of carbonyl (C=O) groups excluding carboxylic acids is 2. The first-order valence-electron chi connectivity index (χ1n) is 7.97. The Hall–Kier alpha value is -2.38. The van der Waals surface area contributed by atoms with Crippen LogP contribution in [-0.4, -0.2) is 38.2 Å². The van der Waals surface area contributed by atoms with Gasteiger partial charge in [-0.2, -0.15) is 0 Å². The number of carbonyl (C=O) groups is 2. The average molecular weight is 376 g/mol. The minimum Gasteiger partial charge on any atom is -0.398 e. The van der Waals surface area contributed by atoms with Gasteiger partial charge in [0, 0.05) is 30.5 Å². The minimum atomic E-state index is -0.548. The number of nitrogen functional groups attached to an aromatic ring is 1. The van der Waals surface area contributed by atoms with Gasteiger partial charge in [-0.05, 0) is 42.2 Å². The number of nitrogens with two attached hydrogens (primary N) is 1. The molecule has 0 aliphatic carbocycles. The second-order valence-electron chi connectivity index (χ2n) is 5.54. The number of benzene rings is 2. The fourth-order valence-electron chi connectivity index (χ4n) is 2.51. The molecule has 2 aromatic rings. The highest BCUT2D eigenvalue weighted by molar-refractivity contribution is 7.99. The van der Waals surface area contributed by atoms with Gasteiger partial charge in [0.25, 0.3) is 0 Å². The number of ether oxygens (including phenoxy) is 1. The number of rotatable bonds is 8. The molecule has 0 aliphatic heterocycles. The van der Waals surface area contributed by atoms with E-state index in [0.717, 1.165) is 0 Å². The summed E-state index contributed by atoms with van der Waals surface area (Å²) in [5.74, 6) is -0.935. The van der Waals surface area contributed by atoms with Crippen molar-refractivity contribution >= 4 is 29.1 Å². The summed E-state index contributed by atoms with van der Waals surface area (Å²) < 4.78 is 18.0. The molecule has 0 aromatic heterocycles. The van der Waals surface area contributed by atoms with Gasteiger partial charge < -0.3 is 15.8 Å². The molecule has 0 aliphatic rings. The van der Waals surface area contributed by atoms with Crippen molar-refractivity contribution in [2.75, 3.05) is 32.3 Å². The van der Waals surface area contributed by atoms with Crippen LogP contribution in [0.3, 0.4) is 0 Å². The van der Waals surface area contributed by atoms with Gasteiger partial charge in [0.05, 0.1) is 6.61 Å². The third-order valence-corrected chi connectivity index (χ3v) is 4.79. The molecule has 5 nitrogen and oxygen atoms in total. The molecule has 2 rings (SSSR count). The van der Waals surface area contributed by atoms with Crippen LogP contribution in [0.25, 0.3) is 0 Å². The van der Waals surface area contributed by atoms with Crippen LogP contribution >= 0.6 is 11.8 Å². The summed E-state index contributed by atoms with van der Waals surface area (Å²) in [6, 6.07) is 10.3. The molecule has 3 N–H and O–H groups in total. The van der Waals surface area contributed by atoms with Gasteiger partial charge in [0.1, 0.15) is 11.1 Å². The Morgan fingerprint density at radius 1 is 1.23 bits per heavy atom. The summed E-state index contributed by atoms with van der Waals surface area (Å²) >= 11 is 1.33.